The summed E-state index contributed by atoms with van der Waals surface area (Å²) in [5.74, 6) is -0.362. The van der Waals surface area contributed by atoms with Crippen LogP contribution in [0.1, 0.15) is 54.2 Å². The van der Waals surface area contributed by atoms with Gasteiger partial charge < -0.3 is 10.0 Å². The van der Waals surface area contributed by atoms with Crippen LogP contribution in [0.5, 0.6) is 0 Å². The van der Waals surface area contributed by atoms with Crippen LogP contribution in [-0.2, 0) is 0 Å². The lowest BCUT2D eigenvalue weighted by Crippen LogP contribution is -2.30. The summed E-state index contributed by atoms with van der Waals surface area (Å²) in [6.45, 7) is 6.60. The summed E-state index contributed by atoms with van der Waals surface area (Å²) < 4.78 is 0. The maximum atomic E-state index is 11.5. The van der Waals surface area contributed by atoms with Gasteiger partial charge in [0.25, 0.3) is 0 Å². The highest BCUT2D eigenvalue weighted by atomic mass is 16.4. The van der Waals surface area contributed by atoms with E-state index in [1.165, 1.54) is 0 Å². The van der Waals surface area contributed by atoms with Crippen LogP contribution < -0.4 is 4.90 Å². The fourth-order valence-corrected chi connectivity index (χ4v) is 2.23. The molecule has 2 rings (SSSR count). The van der Waals surface area contributed by atoms with Crippen LogP contribution in [0.25, 0.3) is 0 Å². The zero-order chi connectivity index (χ0) is 14.0. The third-order valence-electron chi connectivity index (χ3n) is 3.66. The molecule has 0 aliphatic heterocycles. The molecule has 5 heteroatoms. The Morgan fingerprint density at radius 2 is 2.05 bits per heavy atom. The highest BCUT2D eigenvalue weighted by molar-refractivity contribution is 5.95. The quantitative estimate of drug-likeness (QED) is 0.854. The lowest BCUT2D eigenvalue weighted by molar-refractivity contribution is 0.0696. The maximum Gasteiger partial charge on any atom is 0.339 e. The standard InChI is InChI=1S/C14H21N3O2/c1-4-5-8-17(11-6-7-11)13-12(14(18)19)9(2)10(3)15-16-13/h11H,4-8H2,1-3H3,(H,18,19). The summed E-state index contributed by atoms with van der Waals surface area (Å²) in [6, 6.07) is 0.445. The number of anilines is 1. The topological polar surface area (TPSA) is 66.3 Å². The molecule has 104 valence electrons. The van der Waals surface area contributed by atoms with E-state index in [-0.39, 0.29) is 0 Å². The van der Waals surface area contributed by atoms with Crippen LogP contribution in [0, 0.1) is 13.8 Å². The molecule has 1 saturated carbocycles. The summed E-state index contributed by atoms with van der Waals surface area (Å²) in [5, 5.41) is 17.7. The third-order valence-corrected chi connectivity index (χ3v) is 3.66. The van der Waals surface area contributed by atoms with Crippen molar-refractivity contribution >= 4 is 11.8 Å². The SMILES string of the molecule is CCCCN(c1nnc(C)c(C)c1C(=O)O)C1CC1. The molecular weight excluding hydrogens is 242 g/mol. The Labute approximate surface area is 113 Å². The molecule has 0 atom stereocenters. The minimum absolute atomic E-state index is 0.315. The van der Waals surface area contributed by atoms with Gasteiger partial charge >= 0.3 is 5.97 Å². The van der Waals surface area contributed by atoms with E-state index in [1.54, 1.807) is 6.92 Å². The Bertz CT molecular complexity index is 484. The van der Waals surface area contributed by atoms with Crippen molar-refractivity contribution < 1.29 is 9.90 Å². The first-order valence-corrected chi connectivity index (χ1v) is 6.90. The number of aromatic nitrogens is 2. The maximum absolute atomic E-state index is 11.5. The van der Waals surface area contributed by atoms with Gasteiger partial charge in [0.2, 0.25) is 0 Å². The van der Waals surface area contributed by atoms with Gasteiger partial charge in [-0.3, -0.25) is 0 Å². The third kappa shape index (κ3) is 2.85. The smallest absolute Gasteiger partial charge is 0.339 e. The van der Waals surface area contributed by atoms with E-state index >= 15 is 0 Å². The largest absolute Gasteiger partial charge is 0.478 e. The van der Waals surface area contributed by atoms with Gasteiger partial charge in [-0.25, -0.2) is 4.79 Å². The second-order valence-corrected chi connectivity index (χ2v) is 5.19. The molecule has 1 fully saturated rings. The zero-order valence-electron chi connectivity index (χ0n) is 11.8. The number of aromatic carboxylic acids is 1. The highest BCUT2D eigenvalue weighted by Gasteiger charge is 2.33. The number of unbranched alkanes of at least 4 members (excludes halogenated alkanes) is 1. The van der Waals surface area contributed by atoms with Crippen molar-refractivity contribution in [1.29, 1.82) is 0 Å². The molecule has 0 amide bonds. The normalized spacial score (nSPS) is 14.5. The Hall–Kier alpha value is -1.65. The summed E-state index contributed by atoms with van der Waals surface area (Å²) in [4.78, 5) is 13.7. The van der Waals surface area contributed by atoms with Crippen LogP contribution in [0.15, 0.2) is 0 Å². The van der Waals surface area contributed by atoms with E-state index < -0.39 is 5.97 Å². The number of carbonyl (C=O) groups is 1. The number of aryl methyl sites for hydroxylation is 1. The molecule has 1 aliphatic carbocycles. The van der Waals surface area contributed by atoms with Crippen molar-refractivity contribution in [3.05, 3.63) is 16.8 Å². The lowest BCUT2D eigenvalue weighted by Gasteiger charge is -2.25. The molecule has 0 unspecified atom stereocenters. The fourth-order valence-electron chi connectivity index (χ4n) is 2.23. The van der Waals surface area contributed by atoms with Gasteiger partial charge in [-0.2, -0.15) is 5.10 Å². The van der Waals surface area contributed by atoms with E-state index in [9.17, 15) is 9.90 Å². The second kappa shape index (κ2) is 5.55. The molecule has 1 aromatic rings. The Morgan fingerprint density at radius 1 is 1.37 bits per heavy atom. The van der Waals surface area contributed by atoms with E-state index in [2.05, 4.69) is 22.0 Å². The Balaban J connectivity index is 2.41. The Kier molecular flexibility index (Phi) is 4.02. The number of hydrogen-bond acceptors (Lipinski definition) is 4. The molecule has 1 aliphatic rings. The van der Waals surface area contributed by atoms with Gasteiger partial charge in [0.1, 0.15) is 5.56 Å². The van der Waals surface area contributed by atoms with Crippen molar-refractivity contribution in [3.63, 3.8) is 0 Å². The molecule has 1 aromatic heterocycles. The molecule has 0 spiro atoms. The first-order chi connectivity index (χ1) is 9.06. The number of carboxylic acid groups (broad SMARTS) is 1. The first kappa shape index (κ1) is 13.8. The second-order valence-electron chi connectivity index (χ2n) is 5.19. The van der Waals surface area contributed by atoms with E-state index in [4.69, 9.17) is 0 Å². The fraction of sp³-hybridized carbons (Fsp3) is 0.643. The molecule has 0 aromatic carbocycles. The van der Waals surface area contributed by atoms with Gasteiger partial charge in [0.15, 0.2) is 5.82 Å². The van der Waals surface area contributed by atoms with E-state index in [0.29, 0.717) is 23.1 Å². The van der Waals surface area contributed by atoms with Crippen molar-refractivity contribution in [2.45, 2.75) is 52.5 Å². The van der Waals surface area contributed by atoms with Crippen molar-refractivity contribution in [1.82, 2.24) is 10.2 Å². The molecule has 5 nitrogen and oxygen atoms in total. The predicted molar refractivity (Wildman–Crippen MR) is 73.7 cm³/mol. The molecule has 1 N–H and O–H groups in total. The molecule has 0 radical (unpaired) electrons. The monoisotopic (exact) mass is 263 g/mol. The van der Waals surface area contributed by atoms with Crippen LogP contribution in [-0.4, -0.2) is 33.9 Å². The predicted octanol–water partition coefficient (Wildman–Crippen LogP) is 2.56. The minimum atomic E-state index is -0.910. The summed E-state index contributed by atoms with van der Waals surface area (Å²) in [5.41, 5.74) is 1.72. The van der Waals surface area contributed by atoms with E-state index in [1.807, 2.05) is 6.92 Å². The lowest BCUT2D eigenvalue weighted by atomic mass is 10.1. The number of hydrogen-bond donors (Lipinski definition) is 1. The Morgan fingerprint density at radius 3 is 2.58 bits per heavy atom. The average molecular weight is 263 g/mol. The number of nitrogens with zero attached hydrogens (tertiary/aromatic N) is 3. The zero-order valence-corrected chi connectivity index (χ0v) is 11.8. The first-order valence-electron chi connectivity index (χ1n) is 6.90. The van der Waals surface area contributed by atoms with Crippen LogP contribution in [0.3, 0.4) is 0 Å². The van der Waals surface area contributed by atoms with Gasteiger partial charge in [-0.1, -0.05) is 13.3 Å². The summed E-state index contributed by atoms with van der Waals surface area (Å²) >= 11 is 0. The van der Waals surface area contributed by atoms with Gasteiger partial charge in [-0.05, 0) is 38.7 Å². The van der Waals surface area contributed by atoms with E-state index in [0.717, 1.165) is 37.8 Å². The molecule has 0 saturated heterocycles. The summed E-state index contributed by atoms with van der Waals surface area (Å²) in [6.07, 6.45) is 4.38. The van der Waals surface area contributed by atoms with Crippen molar-refractivity contribution in [2.75, 3.05) is 11.4 Å². The molecular formula is C14H21N3O2. The van der Waals surface area contributed by atoms with Crippen LogP contribution >= 0.6 is 0 Å². The van der Waals surface area contributed by atoms with Crippen molar-refractivity contribution in [2.24, 2.45) is 0 Å². The highest BCUT2D eigenvalue weighted by Crippen LogP contribution is 2.33. The average Bonchev–Trinajstić information content (AvgIpc) is 3.18. The van der Waals surface area contributed by atoms with Gasteiger partial charge in [0.05, 0.1) is 5.69 Å². The van der Waals surface area contributed by atoms with Gasteiger partial charge in [-0.15, -0.1) is 5.10 Å². The molecule has 0 bridgehead atoms. The van der Waals surface area contributed by atoms with Gasteiger partial charge in [0, 0.05) is 12.6 Å². The molecule has 1 heterocycles. The summed E-state index contributed by atoms with van der Waals surface area (Å²) in [7, 11) is 0. The van der Waals surface area contributed by atoms with Crippen LogP contribution in [0.2, 0.25) is 0 Å². The number of carboxylic acids is 1. The minimum Gasteiger partial charge on any atom is -0.478 e. The number of rotatable bonds is 6. The van der Waals surface area contributed by atoms with Crippen molar-refractivity contribution in [3.8, 4) is 0 Å². The molecule has 19 heavy (non-hydrogen) atoms. The van der Waals surface area contributed by atoms with Crippen LogP contribution in [0.4, 0.5) is 5.82 Å².